The molecule has 20 heavy (non-hydrogen) atoms. The van der Waals surface area contributed by atoms with Gasteiger partial charge in [0.2, 0.25) is 10.0 Å². The summed E-state index contributed by atoms with van der Waals surface area (Å²) in [6.45, 7) is 0. The van der Waals surface area contributed by atoms with Crippen molar-refractivity contribution in [1.29, 1.82) is 0 Å². The Bertz CT molecular complexity index is 719. The molecule has 2 unspecified atom stereocenters. The highest BCUT2D eigenvalue weighted by Gasteiger charge is 2.41. The molecule has 0 spiro atoms. The van der Waals surface area contributed by atoms with Crippen LogP contribution in [0.1, 0.15) is 17.9 Å². The van der Waals surface area contributed by atoms with Gasteiger partial charge in [0.1, 0.15) is 10.0 Å². The summed E-state index contributed by atoms with van der Waals surface area (Å²) in [5, 5.41) is -0.00286. The highest BCUT2D eigenvalue weighted by Crippen LogP contribution is 2.41. The van der Waals surface area contributed by atoms with Gasteiger partial charge in [-0.3, -0.25) is 0 Å². The molecule has 1 saturated carbocycles. The fourth-order valence-corrected chi connectivity index (χ4v) is 3.97. The predicted octanol–water partition coefficient (Wildman–Crippen LogP) is 2.57. The first-order valence-corrected chi connectivity index (χ1v) is 8.12. The largest absolute Gasteiger partial charge is 0.243 e. The van der Waals surface area contributed by atoms with Gasteiger partial charge in [-0.2, -0.15) is 0 Å². The summed E-state index contributed by atoms with van der Waals surface area (Å²) < 4.78 is 27.2. The Hall–Kier alpha value is -1.43. The molecular formula is C14H13ClN2O2S. The molecule has 1 aliphatic carbocycles. The van der Waals surface area contributed by atoms with E-state index in [0.29, 0.717) is 0 Å². The molecule has 3 rings (SSSR count). The number of sulfonamides is 1. The monoisotopic (exact) mass is 308 g/mol. The molecule has 0 saturated heterocycles. The minimum absolute atomic E-state index is 0.00286. The third-order valence-electron chi connectivity index (χ3n) is 3.34. The van der Waals surface area contributed by atoms with Crippen molar-refractivity contribution in [1.82, 2.24) is 9.71 Å². The standard InChI is InChI=1S/C14H13ClN2O2S/c15-14-13(7-4-8-16-14)20(18,19)17-12-9-11(12)10-5-2-1-3-6-10/h1-8,11-12,17H,9H2. The maximum Gasteiger partial charge on any atom is 0.243 e. The van der Waals surface area contributed by atoms with E-state index in [1.54, 1.807) is 6.07 Å². The van der Waals surface area contributed by atoms with Crippen LogP contribution in [0.2, 0.25) is 5.15 Å². The first kappa shape index (κ1) is 13.5. The fraction of sp³-hybridized carbons (Fsp3) is 0.214. The zero-order valence-electron chi connectivity index (χ0n) is 10.5. The number of hydrogen-bond donors (Lipinski definition) is 1. The molecular weight excluding hydrogens is 296 g/mol. The molecule has 4 nitrogen and oxygen atoms in total. The molecule has 2 atom stereocenters. The van der Waals surface area contributed by atoms with Crippen LogP contribution in [-0.4, -0.2) is 19.4 Å². The molecule has 1 heterocycles. The van der Waals surface area contributed by atoms with Crippen molar-refractivity contribution < 1.29 is 8.42 Å². The van der Waals surface area contributed by atoms with E-state index >= 15 is 0 Å². The van der Waals surface area contributed by atoms with Crippen LogP contribution < -0.4 is 4.72 Å². The number of nitrogens with zero attached hydrogens (tertiary/aromatic N) is 1. The van der Waals surface area contributed by atoms with Gasteiger partial charge in [0.05, 0.1) is 0 Å². The van der Waals surface area contributed by atoms with Gasteiger partial charge in [-0.25, -0.2) is 18.1 Å². The number of halogens is 1. The zero-order chi connectivity index (χ0) is 14.2. The number of pyridine rings is 1. The van der Waals surface area contributed by atoms with E-state index in [0.717, 1.165) is 12.0 Å². The first-order chi connectivity index (χ1) is 9.58. The zero-order valence-corrected chi connectivity index (χ0v) is 12.1. The fourth-order valence-electron chi connectivity index (χ4n) is 2.23. The van der Waals surface area contributed by atoms with Gasteiger partial charge in [0.15, 0.2) is 0 Å². The average Bonchev–Trinajstić information content (AvgIpc) is 3.18. The Morgan fingerprint density at radius 1 is 1.15 bits per heavy atom. The highest BCUT2D eigenvalue weighted by molar-refractivity contribution is 7.89. The van der Waals surface area contributed by atoms with Crippen molar-refractivity contribution in [3.63, 3.8) is 0 Å². The lowest BCUT2D eigenvalue weighted by Crippen LogP contribution is -2.27. The topological polar surface area (TPSA) is 59.1 Å². The minimum atomic E-state index is -3.61. The molecule has 104 valence electrons. The Morgan fingerprint density at radius 3 is 2.60 bits per heavy atom. The van der Waals surface area contributed by atoms with Crippen molar-refractivity contribution in [2.24, 2.45) is 0 Å². The second-order valence-corrected chi connectivity index (χ2v) is 6.81. The molecule has 1 aromatic carbocycles. The van der Waals surface area contributed by atoms with Gasteiger partial charge < -0.3 is 0 Å². The van der Waals surface area contributed by atoms with Crippen LogP contribution in [0.25, 0.3) is 0 Å². The van der Waals surface area contributed by atoms with Crippen molar-refractivity contribution in [2.45, 2.75) is 23.3 Å². The molecule has 2 aromatic rings. The van der Waals surface area contributed by atoms with Crippen LogP contribution in [0, 0.1) is 0 Å². The summed E-state index contributed by atoms with van der Waals surface area (Å²) in [6, 6.07) is 12.8. The van der Waals surface area contributed by atoms with Gasteiger partial charge in [-0.05, 0) is 24.1 Å². The van der Waals surface area contributed by atoms with Crippen LogP contribution >= 0.6 is 11.6 Å². The lowest BCUT2D eigenvalue weighted by molar-refractivity contribution is 0.579. The van der Waals surface area contributed by atoms with Crippen LogP contribution in [0.3, 0.4) is 0 Å². The van der Waals surface area contributed by atoms with Crippen LogP contribution in [-0.2, 0) is 10.0 Å². The summed E-state index contributed by atoms with van der Waals surface area (Å²) in [7, 11) is -3.61. The molecule has 1 aromatic heterocycles. The summed E-state index contributed by atoms with van der Waals surface area (Å²) in [5.41, 5.74) is 1.15. The summed E-state index contributed by atoms with van der Waals surface area (Å²) >= 11 is 5.84. The summed E-state index contributed by atoms with van der Waals surface area (Å²) in [4.78, 5) is 3.82. The van der Waals surface area contributed by atoms with Gasteiger partial charge in [0, 0.05) is 18.2 Å². The van der Waals surface area contributed by atoms with Gasteiger partial charge in [-0.15, -0.1) is 0 Å². The van der Waals surface area contributed by atoms with Crippen molar-refractivity contribution >= 4 is 21.6 Å². The van der Waals surface area contributed by atoms with Crippen LogP contribution in [0.5, 0.6) is 0 Å². The number of rotatable bonds is 4. The molecule has 1 aliphatic rings. The molecule has 1 fully saturated rings. The summed E-state index contributed by atoms with van der Waals surface area (Å²) in [5.74, 6) is 0.237. The Labute approximate surface area is 122 Å². The van der Waals surface area contributed by atoms with E-state index in [-0.39, 0.29) is 22.0 Å². The number of nitrogens with one attached hydrogen (secondary N) is 1. The molecule has 6 heteroatoms. The Morgan fingerprint density at radius 2 is 1.90 bits per heavy atom. The highest BCUT2D eigenvalue weighted by atomic mass is 35.5. The Balaban J connectivity index is 1.75. The normalized spacial score (nSPS) is 21.6. The van der Waals surface area contributed by atoms with E-state index in [1.165, 1.54) is 12.3 Å². The van der Waals surface area contributed by atoms with Crippen LogP contribution in [0.4, 0.5) is 0 Å². The lowest BCUT2D eigenvalue weighted by atomic mass is 10.1. The smallest absolute Gasteiger partial charge is 0.243 e. The van der Waals surface area contributed by atoms with E-state index in [4.69, 9.17) is 11.6 Å². The predicted molar refractivity (Wildman–Crippen MR) is 77.2 cm³/mol. The van der Waals surface area contributed by atoms with Gasteiger partial charge in [-0.1, -0.05) is 41.9 Å². The quantitative estimate of drug-likeness (QED) is 0.883. The first-order valence-electron chi connectivity index (χ1n) is 6.26. The third-order valence-corrected chi connectivity index (χ3v) is 5.27. The van der Waals surface area contributed by atoms with E-state index in [1.807, 2.05) is 30.3 Å². The number of hydrogen-bond acceptors (Lipinski definition) is 3. The average molecular weight is 309 g/mol. The maximum atomic E-state index is 12.2. The molecule has 0 bridgehead atoms. The molecule has 0 radical (unpaired) electrons. The van der Waals surface area contributed by atoms with Gasteiger partial charge in [0.25, 0.3) is 0 Å². The minimum Gasteiger partial charge on any atom is -0.243 e. The molecule has 0 aliphatic heterocycles. The van der Waals surface area contributed by atoms with Crippen molar-refractivity contribution in [3.05, 3.63) is 59.4 Å². The van der Waals surface area contributed by atoms with Crippen LogP contribution in [0.15, 0.2) is 53.6 Å². The second-order valence-electron chi connectivity index (χ2n) is 4.77. The van der Waals surface area contributed by atoms with Gasteiger partial charge >= 0.3 is 0 Å². The SMILES string of the molecule is O=S(=O)(NC1CC1c1ccccc1)c1cccnc1Cl. The number of benzene rings is 1. The Kier molecular flexibility index (Phi) is 3.50. The third kappa shape index (κ3) is 2.70. The van der Waals surface area contributed by atoms with E-state index in [2.05, 4.69) is 9.71 Å². The van der Waals surface area contributed by atoms with Crippen molar-refractivity contribution in [2.75, 3.05) is 0 Å². The maximum absolute atomic E-state index is 12.2. The summed E-state index contributed by atoms with van der Waals surface area (Å²) in [6.07, 6.45) is 2.27. The van der Waals surface area contributed by atoms with E-state index < -0.39 is 10.0 Å². The van der Waals surface area contributed by atoms with Crippen molar-refractivity contribution in [3.8, 4) is 0 Å². The lowest BCUT2D eigenvalue weighted by Gasteiger charge is -2.07. The molecule has 1 N–H and O–H groups in total. The number of aromatic nitrogens is 1. The molecule has 0 amide bonds. The van der Waals surface area contributed by atoms with E-state index in [9.17, 15) is 8.42 Å². The second kappa shape index (κ2) is 5.16.